The Balaban J connectivity index is 2.96. The Labute approximate surface area is 69.4 Å². The molecule has 0 saturated carbocycles. The molecule has 11 heavy (non-hydrogen) atoms. The highest BCUT2D eigenvalue weighted by Gasteiger charge is 2.03. The first-order valence-corrected chi connectivity index (χ1v) is 3.67. The fourth-order valence-corrected chi connectivity index (χ4v) is 1.08. The smallest absolute Gasteiger partial charge is 0.142 e. The van der Waals surface area contributed by atoms with Crippen LogP contribution in [0, 0.1) is 5.82 Å². The Kier molecular flexibility index (Phi) is 2.85. The van der Waals surface area contributed by atoms with E-state index >= 15 is 0 Å². The van der Waals surface area contributed by atoms with Crippen LogP contribution in [0.5, 0.6) is 0 Å². The van der Waals surface area contributed by atoms with Crippen LogP contribution in [0.1, 0.15) is 5.56 Å². The van der Waals surface area contributed by atoms with Crippen molar-refractivity contribution in [3.63, 3.8) is 0 Å². The highest BCUT2D eigenvalue weighted by Crippen LogP contribution is 2.19. The molecule has 0 bridgehead atoms. The lowest BCUT2D eigenvalue weighted by Gasteiger charge is -2.01. The number of aliphatic hydroxyl groups is 1. The summed E-state index contributed by atoms with van der Waals surface area (Å²) in [7, 11) is 0. The summed E-state index contributed by atoms with van der Waals surface area (Å²) in [5, 5.41) is 8.67. The van der Waals surface area contributed by atoms with Gasteiger partial charge in [-0.15, -0.1) is 0 Å². The van der Waals surface area contributed by atoms with Gasteiger partial charge in [0.2, 0.25) is 0 Å². The Morgan fingerprint density at radius 3 is 2.82 bits per heavy atom. The van der Waals surface area contributed by atoms with Gasteiger partial charge in [-0.1, -0.05) is 23.7 Å². The molecule has 0 spiro atoms. The first kappa shape index (κ1) is 8.50. The van der Waals surface area contributed by atoms with E-state index in [1.807, 2.05) is 0 Å². The van der Waals surface area contributed by atoms with Gasteiger partial charge in [0.15, 0.2) is 0 Å². The summed E-state index contributed by atoms with van der Waals surface area (Å²) in [6.07, 6.45) is 0.399. The van der Waals surface area contributed by atoms with Gasteiger partial charge in [-0.3, -0.25) is 0 Å². The van der Waals surface area contributed by atoms with E-state index < -0.39 is 5.82 Å². The largest absolute Gasteiger partial charge is 0.396 e. The SMILES string of the molecule is OCCc1cccc(F)c1Cl. The Morgan fingerprint density at radius 2 is 2.18 bits per heavy atom. The maximum absolute atomic E-state index is 12.7. The van der Waals surface area contributed by atoms with Crippen molar-refractivity contribution in [2.75, 3.05) is 6.61 Å². The van der Waals surface area contributed by atoms with Crippen LogP contribution >= 0.6 is 11.6 Å². The number of hydrogen-bond acceptors (Lipinski definition) is 1. The van der Waals surface area contributed by atoms with E-state index in [-0.39, 0.29) is 11.6 Å². The molecule has 60 valence electrons. The average molecular weight is 175 g/mol. The Bertz CT molecular complexity index is 250. The van der Waals surface area contributed by atoms with Gasteiger partial charge in [0.1, 0.15) is 5.82 Å². The predicted octanol–water partition coefficient (Wildman–Crippen LogP) is 2.01. The van der Waals surface area contributed by atoms with Crippen molar-refractivity contribution in [3.8, 4) is 0 Å². The standard InChI is InChI=1S/C8H8ClFO/c9-8-6(4-5-11)2-1-3-7(8)10/h1-3,11H,4-5H2. The molecule has 1 aromatic rings. The minimum atomic E-state index is -0.433. The van der Waals surface area contributed by atoms with Crippen LogP contribution in [-0.2, 0) is 6.42 Å². The summed E-state index contributed by atoms with van der Waals surface area (Å²) < 4.78 is 12.7. The zero-order chi connectivity index (χ0) is 8.27. The fourth-order valence-electron chi connectivity index (χ4n) is 0.862. The van der Waals surface area contributed by atoms with Crippen LogP contribution in [0.3, 0.4) is 0 Å². The molecular weight excluding hydrogens is 167 g/mol. The van der Waals surface area contributed by atoms with Crippen molar-refractivity contribution in [3.05, 3.63) is 34.6 Å². The van der Waals surface area contributed by atoms with Gasteiger partial charge in [-0.05, 0) is 18.1 Å². The number of aliphatic hydroxyl groups excluding tert-OH is 1. The van der Waals surface area contributed by atoms with Gasteiger partial charge < -0.3 is 5.11 Å². The molecule has 0 aromatic heterocycles. The van der Waals surface area contributed by atoms with Gasteiger partial charge in [0, 0.05) is 6.61 Å². The third kappa shape index (κ3) is 1.91. The molecule has 0 atom stereocenters. The van der Waals surface area contributed by atoms with Crippen molar-refractivity contribution in [1.29, 1.82) is 0 Å². The monoisotopic (exact) mass is 174 g/mol. The predicted molar refractivity (Wildman–Crippen MR) is 42.2 cm³/mol. The van der Waals surface area contributed by atoms with Crippen LogP contribution in [0.15, 0.2) is 18.2 Å². The molecule has 3 heteroatoms. The summed E-state index contributed by atoms with van der Waals surface area (Å²) in [5.41, 5.74) is 0.647. The summed E-state index contributed by atoms with van der Waals surface area (Å²) in [4.78, 5) is 0. The fraction of sp³-hybridized carbons (Fsp3) is 0.250. The van der Waals surface area contributed by atoms with Crippen LogP contribution in [0.4, 0.5) is 4.39 Å². The molecule has 0 radical (unpaired) electrons. The topological polar surface area (TPSA) is 20.2 Å². The van der Waals surface area contributed by atoms with Crippen molar-refractivity contribution >= 4 is 11.6 Å². The summed E-state index contributed by atoms with van der Waals surface area (Å²) >= 11 is 5.59. The second-order valence-electron chi connectivity index (χ2n) is 2.19. The molecule has 0 aliphatic carbocycles. The zero-order valence-electron chi connectivity index (χ0n) is 5.85. The minimum absolute atomic E-state index is 0.0107. The van der Waals surface area contributed by atoms with E-state index in [1.165, 1.54) is 6.07 Å². The second-order valence-corrected chi connectivity index (χ2v) is 2.56. The molecule has 1 aromatic carbocycles. The van der Waals surface area contributed by atoms with Gasteiger partial charge in [-0.25, -0.2) is 4.39 Å². The van der Waals surface area contributed by atoms with Gasteiger partial charge in [-0.2, -0.15) is 0 Å². The number of rotatable bonds is 2. The highest BCUT2D eigenvalue weighted by molar-refractivity contribution is 6.31. The van der Waals surface area contributed by atoms with E-state index in [1.54, 1.807) is 12.1 Å². The molecule has 1 nitrogen and oxygen atoms in total. The Morgan fingerprint density at radius 1 is 1.45 bits per heavy atom. The zero-order valence-corrected chi connectivity index (χ0v) is 6.61. The molecular formula is C8H8ClFO. The van der Waals surface area contributed by atoms with E-state index in [0.29, 0.717) is 12.0 Å². The number of hydrogen-bond donors (Lipinski definition) is 1. The van der Waals surface area contributed by atoms with Gasteiger partial charge in [0.05, 0.1) is 5.02 Å². The lowest BCUT2D eigenvalue weighted by molar-refractivity contribution is 0.299. The lowest BCUT2D eigenvalue weighted by atomic mass is 10.1. The maximum Gasteiger partial charge on any atom is 0.142 e. The normalized spacial score (nSPS) is 10.1. The molecule has 0 unspecified atom stereocenters. The highest BCUT2D eigenvalue weighted by atomic mass is 35.5. The number of halogens is 2. The second kappa shape index (κ2) is 3.69. The third-order valence-corrected chi connectivity index (χ3v) is 1.84. The van der Waals surface area contributed by atoms with E-state index in [0.717, 1.165) is 0 Å². The first-order valence-electron chi connectivity index (χ1n) is 3.29. The molecule has 0 fully saturated rings. The molecule has 1 N–H and O–H groups in total. The van der Waals surface area contributed by atoms with Crippen LogP contribution in [0.2, 0.25) is 5.02 Å². The first-order chi connectivity index (χ1) is 5.25. The van der Waals surface area contributed by atoms with Crippen molar-refractivity contribution in [2.24, 2.45) is 0 Å². The van der Waals surface area contributed by atoms with E-state index in [9.17, 15) is 4.39 Å². The van der Waals surface area contributed by atoms with Crippen molar-refractivity contribution in [2.45, 2.75) is 6.42 Å². The lowest BCUT2D eigenvalue weighted by Crippen LogP contribution is -1.92. The molecule has 0 aliphatic heterocycles. The third-order valence-electron chi connectivity index (χ3n) is 1.41. The minimum Gasteiger partial charge on any atom is -0.396 e. The molecule has 0 amide bonds. The van der Waals surface area contributed by atoms with Gasteiger partial charge in [0.25, 0.3) is 0 Å². The van der Waals surface area contributed by atoms with Crippen LogP contribution in [-0.4, -0.2) is 11.7 Å². The number of benzene rings is 1. The molecule has 1 rings (SSSR count). The summed E-state index contributed by atoms with van der Waals surface area (Å²) in [5.74, 6) is -0.433. The van der Waals surface area contributed by atoms with Crippen LogP contribution < -0.4 is 0 Å². The van der Waals surface area contributed by atoms with E-state index in [2.05, 4.69) is 0 Å². The van der Waals surface area contributed by atoms with Gasteiger partial charge >= 0.3 is 0 Å². The summed E-state index contributed by atoms with van der Waals surface area (Å²) in [6, 6.07) is 4.57. The molecule has 0 aliphatic rings. The molecule has 0 heterocycles. The molecule has 0 saturated heterocycles. The summed E-state index contributed by atoms with van der Waals surface area (Å²) in [6.45, 7) is -0.0107. The van der Waals surface area contributed by atoms with Crippen LogP contribution in [0.25, 0.3) is 0 Å². The average Bonchev–Trinajstić information content (AvgIpc) is 1.99. The van der Waals surface area contributed by atoms with Crippen molar-refractivity contribution in [1.82, 2.24) is 0 Å². The van der Waals surface area contributed by atoms with E-state index in [4.69, 9.17) is 16.7 Å². The van der Waals surface area contributed by atoms with Crippen molar-refractivity contribution < 1.29 is 9.50 Å². The maximum atomic E-state index is 12.7. The Hall–Kier alpha value is -0.600. The quantitative estimate of drug-likeness (QED) is 0.728.